The van der Waals surface area contributed by atoms with E-state index in [1.807, 2.05) is 6.92 Å². The van der Waals surface area contributed by atoms with Gasteiger partial charge in [0.1, 0.15) is 12.6 Å². The van der Waals surface area contributed by atoms with E-state index >= 15 is 0 Å². The largest absolute Gasteiger partial charge is 0.464 e. The lowest BCUT2D eigenvalue weighted by Gasteiger charge is -2.12. The Morgan fingerprint density at radius 3 is 2.69 bits per heavy atom. The van der Waals surface area contributed by atoms with Gasteiger partial charge in [0, 0.05) is 0 Å². The third-order valence-corrected chi connectivity index (χ3v) is 1.76. The van der Waals surface area contributed by atoms with E-state index in [0.29, 0.717) is 6.61 Å². The molecule has 0 aliphatic carbocycles. The van der Waals surface area contributed by atoms with Gasteiger partial charge in [0.2, 0.25) is 0 Å². The van der Waals surface area contributed by atoms with Crippen LogP contribution in [-0.4, -0.2) is 31.3 Å². The molecule has 0 radical (unpaired) electrons. The lowest BCUT2D eigenvalue weighted by Crippen LogP contribution is -2.40. The van der Waals surface area contributed by atoms with Crippen LogP contribution in [0.25, 0.3) is 0 Å². The van der Waals surface area contributed by atoms with Gasteiger partial charge in [-0.15, -0.1) is 0 Å². The molecule has 1 atom stereocenters. The van der Waals surface area contributed by atoms with Gasteiger partial charge in [-0.25, -0.2) is 9.59 Å². The summed E-state index contributed by atoms with van der Waals surface area (Å²) in [5.41, 5.74) is 0. The van der Waals surface area contributed by atoms with Crippen LogP contribution in [0.3, 0.4) is 0 Å². The summed E-state index contributed by atoms with van der Waals surface area (Å²) in [5, 5.41) is 2.36. The van der Waals surface area contributed by atoms with Crippen molar-refractivity contribution in [2.75, 3.05) is 13.2 Å². The van der Waals surface area contributed by atoms with Gasteiger partial charge in [-0.3, -0.25) is 0 Å². The summed E-state index contributed by atoms with van der Waals surface area (Å²) >= 11 is 0. The zero-order chi connectivity index (χ0) is 12.4. The van der Waals surface area contributed by atoms with Crippen LogP contribution in [0.5, 0.6) is 0 Å². The number of nitrogens with one attached hydrogen (secondary N) is 1. The molecule has 1 unspecified atom stereocenters. The monoisotopic (exact) mass is 229 g/mol. The van der Waals surface area contributed by atoms with Crippen molar-refractivity contribution in [3.05, 3.63) is 12.7 Å². The Morgan fingerprint density at radius 2 is 2.12 bits per heavy atom. The summed E-state index contributed by atoms with van der Waals surface area (Å²) in [6, 6.07) is -0.700. The van der Waals surface area contributed by atoms with Gasteiger partial charge in [-0.2, -0.15) is 0 Å². The molecule has 0 aliphatic heterocycles. The molecule has 5 heteroatoms. The molecule has 5 nitrogen and oxygen atoms in total. The molecular weight excluding hydrogens is 210 g/mol. The lowest BCUT2D eigenvalue weighted by atomic mass is 10.3. The van der Waals surface area contributed by atoms with Gasteiger partial charge in [-0.05, 0) is 13.3 Å². The molecule has 1 amide bonds. The minimum absolute atomic E-state index is 0.115. The van der Waals surface area contributed by atoms with Crippen molar-refractivity contribution in [2.45, 2.75) is 32.7 Å². The number of hydrogen-bond acceptors (Lipinski definition) is 4. The number of amides is 1. The van der Waals surface area contributed by atoms with E-state index in [1.165, 1.54) is 6.08 Å². The van der Waals surface area contributed by atoms with Gasteiger partial charge in [0.25, 0.3) is 0 Å². The first-order valence-electron chi connectivity index (χ1n) is 5.32. The molecular formula is C11H19NO4. The summed E-state index contributed by atoms with van der Waals surface area (Å²) < 4.78 is 9.58. The average molecular weight is 229 g/mol. The van der Waals surface area contributed by atoms with E-state index in [9.17, 15) is 9.59 Å². The predicted molar refractivity (Wildman–Crippen MR) is 60.0 cm³/mol. The third-order valence-electron chi connectivity index (χ3n) is 1.76. The molecule has 0 aliphatic rings. The Morgan fingerprint density at radius 1 is 1.44 bits per heavy atom. The Labute approximate surface area is 95.8 Å². The summed E-state index contributed by atoms with van der Waals surface area (Å²) in [7, 11) is 0. The molecule has 1 N–H and O–H groups in total. The van der Waals surface area contributed by atoms with Crippen molar-refractivity contribution in [3.8, 4) is 0 Å². The minimum atomic E-state index is -0.700. The average Bonchev–Trinajstić information content (AvgIpc) is 2.26. The molecule has 0 heterocycles. The van der Waals surface area contributed by atoms with Gasteiger partial charge in [0.05, 0.1) is 6.61 Å². The second-order valence-corrected chi connectivity index (χ2v) is 3.27. The van der Waals surface area contributed by atoms with Crippen LogP contribution in [0, 0.1) is 0 Å². The van der Waals surface area contributed by atoms with E-state index in [4.69, 9.17) is 4.74 Å². The van der Waals surface area contributed by atoms with Crippen molar-refractivity contribution in [3.63, 3.8) is 0 Å². The molecule has 0 rings (SSSR count). The van der Waals surface area contributed by atoms with E-state index in [1.54, 1.807) is 6.92 Å². The second-order valence-electron chi connectivity index (χ2n) is 3.27. The number of esters is 1. The number of ether oxygens (including phenoxy) is 2. The van der Waals surface area contributed by atoms with Gasteiger partial charge in [-0.1, -0.05) is 26.0 Å². The molecule has 0 fully saturated rings. The first kappa shape index (κ1) is 14.5. The zero-order valence-corrected chi connectivity index (χ0v) is 9.82. The predicted octanol–water partition coefficient (Wildman–Crippen LogP) is 1.63. The molecule has 0 spiro atoms. The molecule has 0 bridgehead atoms. The maximum Gasteiger partial charge on any atom is 0.408 e. The van der Waals surface area contributed by atoms with Crippen LogP contribution in [0.4, 0.5) is 4.79 Å². The Hall–Kier alpha value is -1.52. The van der Waals surface area contributed by atoms with E-state index in [2.05, 4.69) is 16.6 Å². The van der Waals surface area contributed by atoms with Crippen LogP contribution in [0.2, 0.25) is 0 Å². The maximum atomic E-state index is 11.3. The van der Waals surface area contributed by atoms with E-state index < -0.39 is 18.1 Å². The Bertz CT molecular complexity index is 240. The molecule has 0 aromatic carbocycles. The fourth-order valence-corrected chi connectivity index (χ4v) is 0.854. The van der Waals surface area contributed by atoms with Gasteiger partial charge < -0.3 is 14.8 Å². The topological polar surface area (TPSA) is 64.6 Å². The van der Waals surface area contributed by atoms with Crippen molar-refractivity contribution >= 4 is 12.1 Å². The fourth-order valence-electron chi connectivity index (χ4n) is 0.854. The first-order valence-corrected chi connectivity index (χ1v) is 5.32. The van der Waals surface area contributed by atoms with Crippen LogP contribution >= 0.6 is 0 Å². The third kappa shape index (κ3) is 6.86. The quantitative estimate of drug-likeness (QED) is 0.409. The number of rotatable bonds is 7. The standard InChI is InChI=1S/C11H19NO4/c1-4-6-8-15-10(13)9(3)12-11(14)16-7-5-2/h5,9H,2,4,6-8H2,1,3H3,(H,12,14). The maximum absolute atomic E-state index is 11.3. The van der Waals surface area contributed by atoms with E-state index in [-0.39, 0.29) is 6.61 Å². The van der Waals surface area contributed by atoms with E-state index in [0.717, 1.165) is 12.8 Å². The summed E-state index contributed by atoms with van der Waals surface area (Å²) in [5.74, 6) is -0.455. The van der Waals surface area contributed by atoms with Crippen molar-refractivity contribution in [1.29, 1.82) is 0 Å². The Kier molecular flexibility index (Phi) is 7.93. The number of carbonyl (C=O) groups is 2. The normalized spacial score (nSPS) is 11.4. The summed E-state index contributed by atoms with van der Waals surface area (Å²) in [4.78, 5) is 22.4. The van der Waals surface area contributed by atoms with Crippen molar-refractivity contribution in [1.82, 2.24) is 5.32 Å². The number of alkyl carbamates (subject to hydrolysis) is 1. The number of carbonyl (C=O) groups excluding carboxylic acids is 2. The smallest absolute Gasteiger partial charge is 0.408 e. The molecule has 92 valence electrons. The van der Waals surface area contributed by atoms with Crippen molar-refractivity contribution < 1.29 is 19.1 Å². The highest BCUT2D eigenvalue weighted by Crippen LogP contribution is 1.93. The second kappa shape index (κ2) is 8.76. The Balaban J connectivity index is 3.76. The molecule has 0 saturated carbocycles. The number of hydrogen-bond donors (Lipinski definition) is 1. The van der Waals surface area contributed by atoms with Crippen LogP contribution in [0.15, 0.2) is 12.7 Å². The van der Waals surface area contributed by atoms with Crippen LogP contribution < -0.4 is 5.32 Å². The fraction of sp³-hybridized carbons (Fsp3) is 0.636. The lowest BCUT2D eigenvalue weighted by molar-refractivity contribution is -0.145. The molecule has 0 aromatic heterocycles. The highest BCUT2D eigenvalue weighted by atomic mass is 16.6. The van der Waals surface area contributed by atoms with Gasteiger partial charge in [0.15, 0.2) is 0 Å². The van der Waals surface area contributed by atoms with Crippen molar-refractivity contribution in [2.24, 2.45) is 0 Å². The molecule has 0 saturated heterocycles. The molecule has 0 aromatic rings. The first-order chi connectivity index (χ1) is 7.61. The zero-order valence-electron chi connectivity index (χ0n) is 9.82. The van der Waals surface area contributed by atoms with Gasteiger partial charge >= 0.3 is 12.1 Å². The summed E-state index contributed by atoms with van der Waals surface area (Å²) in [6.45, 7) is 7.44. The molecule has 16 heavy (non-hydrogen) atoms. The highest BCUT2D eigenvalue weighted by molar-refractivity contribution is 5.80. The SMILES string of the molecule is C=CCOC(=O)NC(C)C(=O)OCCCC. The van der Waals surface area contributed by atoms with Crippen LogP contribution in [0.1, 0.15) is 26.7 Å². The minimum Gasteiger partial charge on any atom is -0.464 e. The highest BCUT2D eigenvalue weighted by Gasteiger charge is 2.17. The number of unbranched alkanes of at least 4 members (excludes halogenated alkanes) is 1. The summed E-state index contributed by atoms with van der Waals surface area (Å²) in [6.07, 6.45) is 2.57. The van der Waals surface area contributed by atoms with Crippen LogP contribution in [-0.2, 0) is 14.3 Å².